The first-order chi connectivity index (χ1) is 10.3. The fourth-order valence-corrected chi connectivity index (χ4v) is 3.18. The molecule has 0 aromatic heterocycles. The molecule has 2 rings (SSSR count). The first kappa shape index (κ1) is 18.3. The summed E-state index contributed by atoms with van der Waals surface area (Å²) in [5.41, 5.74) is 7.40. The van der Waals surface area contributed by atoms with E-state index in [4.69, 9.17) is 16.3 Å². The van der Waals surface area contributed by atoms with Crippen LogP contribution in [0, 0.1) is 5.41 Å². The molecule has 0 saturated carbocycles. The zero-order valence-corrected chi connectivity index (χ0v) is 13.2. The van der Waals surface area contributed by atoms with Gasteiger partial charge in [0, 0.05) is 18.7 Å². The smallest absolute Gasteiger partial charge is 0.238 e. The average Bonchev–Trinajstić information content (AvgIpc) is 2.47. The van der Waals surface area contributed by atoms with E-state index in [9.17, 15) is 8.42 Å². The molecule has 0 amide bonds. The monoisotopic (exact) mass is 326 g/mol. The number of nitrogens with two attached hydrogens (primary N) is 4. The normalized spacial score (nSPS) is 15.5. The fourth-order valence-electron chi connectivity index (χ4n) is 2.40. The molecular formula is C13H22N6O2S. The van der Waals surface area contributed by atoms with Crippen molar-refractivity contribution in [1.29, 1.82) is 5.41 Å². The van der Waals surface area contributed by atoms with Gasteiger partial charge in [0.25, 0.3) is 0 Å². The van der Waals surface area contributed by atoms with Gasteiger partial charge in [-0.1, -0.05) is 18.2 Å². The van der Waals surface area contributed by atoms with Gasteiger partial charge in [0.1, 0.15) is 5.84 Å². The third-order valence-electron chi connectivity index (χ3n) is 3.29. The standard InChI is InChI=1S/C13H18N4O2S.H4N2/c1-17-7-3-4-9(8-17)10-5-2-6-11(20(16,18)19)12(10)13(14)15;1-2/h2,4-6H,3,7-8H2,1H3,(H3,14,15)(H2,16,18,19);1-2H2. The Kier molecular flexibility index (Phi) is 6.21. The Morgan fingerprint density at radius 1 is 1.32 bits per heavy atom. The molecule has 22 heavy (non-hydrogen) atoms. The van der Waals surface area contributed by atoms with Crippen LogP contribution >= 0.6 is 0 Å². The van der Waals surface area contributed by atoms with E-state index in [1.165, 1.54) is 6.07 Å². The lowest BCUT2D eigenvalue weighted by Crippen LogP contribution is -2.27. The number of likely N-dealkylation sites (N-methyl/N-ethyl adjacent to an activating group) is 1. The molecule has 0 bridgehead atoms. The number of nitrogens with zero attached hydrogens (tertiary/aromatic N) is 1. The molecule has 0 unspecified atom stereocenters. The predicted octanol–water partition coefficient (Wildman–Crippen LogP) is -0.844. The zero-order valence-electron chi connectivity index (χ0n) is 12.4. The maximum Gasteiger partial charge on any atom is 0.238 e. The number of amidine groups is 1. The second-order valence-electron chi connectivity index (χ2n) is 4.89. The van der Waals surface area contributed by atoms with Gasteiger partial charge in [-0.15, -0.1) is 0 Å². The van der Waals surface area contributed by atoms with Crippen molar-refractivity contribution in [3.8, 4) is 0 Å². The Morgan fingerprint density at radius 2 is 1.95 bits per heavy atom. The van der Waals surface area contributed by atoms with Crippen LogP contribution in [-0.2, 0) is 10.0 Å². The summed E-state index contributed by atoms with van der Waals surface area (Å²) in [5, 5.41) is 12.9. The van der Waals surface area contributed by atoms with Gasteiger partial charge in [0.15, 0.2) is 0 Å². The summed E-state index contributed by atoms with van der Waals surface area (Å²) in [4.78, 5) is 2.03. The van der Waals surface area contributed by atoms with Crippen LogP contribution in [-0.4, -0.2) is 39.3 Å². The lowest BCUT2D eigenvalue weighted by molar-refractivity contribution is 0.373. The quantitative estimate of drug-likeness (QED) is 0.210. The molecule has 9 N–H and O–H groups in total. The number of nitrogens with one attached hydrogen (secondary N) is 1. The predicted molar refractivity (Wildman–Crippen MR) is 87.3 cm³/mol. The van der Waals surface area contributed by atoms with E-state index in [2.05, 4.69) is 22.7 Å². The summed E-state index contributed by atoms with van der Waals surface area (Å²) in [5.74, 6) is 7.71. The van der Waals surface area contributed by atoms with Crippen molar-refractivity contribution in [2.75, 3.05) is 20.1 Å². The molecule has 0 fully saturated rings. The van der Waals surface area contributed by atoms with E-state index in [0.717, 1.165) is 18.5 Å². The molecule has 8 nitrogen and oxygen atoms in total. The van der Waals surface area contributed by atoms with E-state index in [1.54, 1.807) is 12.1 Å². The molecule has 0 spiro atoms. The topological polar surface area (TPSA) is 165 Å². The van der Waals surface area contributed by atoms with Crippen LogP contribution in [0.2, 0.25) is 0 Å². The molecule has 1 aromatic carbocycles. The second kappa shape index (κ2) is 7.47. The highest BCUT2D eigenvalue weighted by Gasteiger charge is 2.22. The van der Waals surface area contributed by atoms with Crippen molar-refractivity contribution < 1.29 is 8.42 Å². The van der Waals surface area contributed by atoms with Gasteiger partial charge in [0.2, 0.25) is 10.0 Å². The highest BCUT2D eigenvalue weighted by atomic mass is 32.2. The Morgan fingerprint density at radius 3 is 2.45 bits per heavy atom. The Balaban J connectivity index is 0.00000116. The zero-order chi connectivity index (χ0) is 16.9. The van der Waals surface area contributed by atoms with Gasteiger partial charge >= 0.3 is 0 Å². The van der Waals surface area contributed by atoms with Crippen LogP contribution in [0.5, 0.6) is 0 Å². The van der Waals surface area contributed by atoms with E-state index >= 15 is 0 Å². The molecule has 0 saturated heterocycles. The van der Waals surface area contributed by atoms with Gasteiger partial charge in [-0.2, -0.15) is 0 Å². The van der Waals surface area contributed by atoms with Crippen molar-refractivity contribution in [2.24, 2.45) is 22.6 Å². The highest BCUT2D eigenvalue weighted by Crippen LogP contribution is 2.27. The van der Waals surface area contributed by atoms with Gasteiger partial charge in [-0.05, 0) is 30.7 Å². The Bertz CT molecular complexity index is 684. The van der Waals surface area contributed by atoms with Crippen LogP contribution in [0.4, 0.5) is 0 Å². The van der Waals surface area contributed by atoms with Crippen LogP contribution in [0.25, 0.3) is 5.57 Å². The van der Waals surface area contributed by atoms with Crippen LogP contribution in [0.15, 0.2) is 29.2 Å². The number of primary sulfonamides is 1. The molecule has 1 aliphatic heterocycles. The van der Waals surface area contributed by atoms with Gasteiger partial charge in [-0.3, -0.25) is 17.1 Å². The van der Waals surface area contributed by atoms with Crippen LogP contribution in [0.1, 0.15) is 17.5 Å². The second-order valence-corrected chi connectivity index (χ2v) is 6.42. The molecule has 1 aliphatic rings. The number of benzene rings is 1. The number of nitrogen functional groups attached to an aromatic ring is 1. The minimum absolute atomic E-state index is 0.100. The van der Waals surface area contributed by atoms with Crippen LogP contribution in [0.3, 0.4) is 0 Å². The third-order valence-corrected chi connectivity index (χ3v) is 4.24. The molecule has 122 valence electrons. The number of hydrogen-bond donors (Lipinski definition) is 5. The minimum atomic E-state index is -3.91. The maximum atomic E-state index is 11.7. The van der Waals surface area contributed by atoms with Gasteiger partial charge < -0.3 is 10.6 Å². The van der Waals surface area contributed by atoms with Gasteiger partial charge in [-0.25, -0.2) is 13.6 Å². The largest absolute Gasteiger partial charge is 0.384 e. The lowest BCUT2D eigenvalue weighted by Gasteiger charge is -2.24. The molecule has 0 radical (unpaired) electrons. The summed E-state index contributed by atoms with van der Waals surface area (Å²) in [6, 6.07) is 4.77. The van der Waals surface area contributed by atoms with Crippen molar-refractivity contribution >= 4 is 21.4 Å². The summed E-state index contributed by atoms with van der Waals surface area (Å²) < 4.78 is 23.3. The first-order valence-electron chi connectivity index (χ1n) is 6.52. The van der Waals surface area contributed by atoms with Crippen molar-refractivity contribution in [1.82, 2.24) is 4.90 Å². The lowest BCUT2D eigenvalue weighted by atomic mass is 9.96. The fraction of sp³-hybridized carbons (Fsp3) is 0.308. The molecular weight excluding hydrogens is 304 g/mol. The van der Waals surface area contributed by atoms with E-state index in [1.807, 2.05) is 7.05 Å². The molecule has 9 heteroatoms. The van der Waals surface area contributed by atoms with Crippen molar-refractivity contribution in [3.05, 3.63) is 35.4 Å². The summed E-state index contributed by atoms with van der Waals surface area (Å²) in [6.45, 7) is 1.64. The number of rotatable bonds is 3. The summed E-state index contributed by atoms with van der Waals surface area (Å²) >= 11 is 0. The molecule has 1 heterocycles. The molecule has 0 atom stereocenters. The van der Waals surface area contributed by atoms with E-state index in [0.29, 0.717) is 12.1 Å². The Labute approximate surface area is 130 Å². The molecule has 1 aromatic rings. The van der Waals surface area contributed by atoms with E-state index < -0.39 is 10.0 Å². The number of sulfonamides is 1. The summed E-state index contributed by atoms with van der Waals surface area (Å²) in [6.07, 6.45) is 2.93. The highest BCUT2D eigenvalue weighted by molar-refractivity contribution is 7.89. The Hall–Kier alpha value is -1.78. The van der Waals surface area contributed by atoms with Crippen LogP contribution < -0.4 is 22.6 Å². The minimum Gasteiger partial charge on any atom is -0.384 e. The average molecular weight is 326 g/mol. The van der Waals surface area contributed by atoms with E-state index in [-0.39, 0.29) is 16.3 Å². The maximum absolute atomic E-state index is 11.7. The van der Waals surface area contributed by atoms with Crippen molar-refractivity contribution in [3.63, 3.8) is 0 Å². The van der Waals surface area contributed by atoms with Crippen molar-refractivity contribution in [2.45, 2.75) is 11.3 Å². The summed E-state index contributed by atoms with van der Waals surface area (Å²) in [7, 11) is -1.92. The first-order valence-corrected chi connectivity index (χ1v) is 8.07. The van der Waals surface area contributed by atoms with Gasteiger partial charge in [0.05, 0.1) is 4.90 Å². The number of hydrogen-bond acceptors (Lipinski definition) is 6. The molecule has 0 aliphatic carbocycles. The SMILES string of the molecule is CN1CCC=C(c2cccc(S(N)(=O)=O)c2C(=N)N)C1.NN. The third kappa shape index (κ3) is 4.12. The number of hydrazine groups is 1.